The van der Waals surface area contributed by atoms with Crippen molar-refractivity contribution in [1.82, 2.24) is 14.7 Å². The minimum Gasteiger partial charge on any atom is -0.411 e. The fourth-order valence-corrected chi connectivity index (χ4v) is 2.63. The van der Waals surface area contributed by atoms with Gasteiger partial charge in [0, 0.05) is 52.4 Å². The molecule has 2 saturated heterocycles. The molecule has 4 nitrogen and oxygen atoms in total. The Morgan fingerprint density at radius 3 is 1.94 bits per heavy atom. The van der Waals surface area contributed by atoms with Gasteiger partial charge in [-0.3, -0.25) is 9.80 Å². The molecule has 0 bridgehead atoms. The van der Waals surface area contributed by atoms with Crippen LogP contribution in [0.15, 0.2) is 0 Å². The molecule has 0 aromatic carbocycles. The third-order valence-electron chi connectivity index (χ3n) is 3.47. The van der Waals surface area contributed by atoms with E-state index in [2.05, 4.69) is 14.7 Å². The largest absolute Gasteiger partial charge is 1.00 e. The summed E-state index contributed by atoms with van der Waals surface area (Å²) in [6, 6.07) is 0. The molecule has 0 N–H and O–H groups in total. The molecule has 2 heterocycles. The summed E-state index contributed by atoms with van der Waals surface area (Å²) in [4.78, 5) is 7.10. The van der Waals surface area contributed by atoms with Crippen molar-refractivity contribution in [3.05, 3.63) is 0 Å². The number of hydrogen-bond acceptors (Lipinski definition) is 5. The molecule has 2 rings (SSSR count). The smallest absolute Gasteiger partial charge is 0.411 e. The zero-order valence-corrected chi connectivity index (χ0v) is 14.8. The van der Waals surface area contributed by atoms with Crippen LogP contribution in [-0.2, 0) is 17.4 Å². The number of piperazine rings is 1. The van der Waals surface area contributed by atoms with Crippen LogP contribution in [0.5, 0.6) is 0 Å². The average molecular weight is 297 g/mol. The van der Waals surface area contributed by atoms with Gasteiger partial charge in [-0.05, 0) is 0 Å². The van der Waals surface area contributed by atoms with Crippen LogP contribution >= 0.6 is 12.2 Å². The second-order valence-corrected chi connectivity index (χ2v) is 5.58. The molecule has 0 atom stereocenters. The first-order chi connectivity index (χ1) is 8.25. The van der Waals surface area contributed by atoms with Crippen LogP contribution in [0.4, 0.5) is 0 Å². The summed E-state index contributed by atoms with van der Waals surface area (Å²) in [5.74, 6) is 0. The minimum atomic E-state index is 0. The quantitative estimate of drug-likeness (QED) is 0.308. The summed E-state index contributed by atoms with van der Waals surface area (Å²) >= 11 is 10.0. The van der Waals surface area contributed by atoms with Gasteiger partial charge in [0.15, 0.2) is 0 Å². The standard InChI is InChI=1S/C11H21N3OS2.Na/c16-11(17)14-5-3-12(4-6-14)1-2-13-7-9-15-10-8-13;/h1-10H2,(H,16,17);/q;+1/p-1. The number of hydrogen-bond donors (Lipinski definition) is 0. The van der Waals surface area contributed by atoms with Gasteiger partial charge in [0.25, 0.3) is 0 Å². The SMILES string of the molecule is S=C([S-])N1CCN(CCN2CCOCC2)CC1.[Na+]. The van der Waals surface area contributed by atoms with E-state index < -0.39 is 0 Å². The van der Waals surface area contributed by atoms with E-state index in [9.17, 15) is 0 Å². The van der Waals surface area contributed by atoms with E-state index in [4.69, 9.17) is 29.6 Å². The summed E-state index contributed by atoms with van der Waals surface area (Å²) in [6.45, 7) is 10.4. The third-order valence-corrected chi connectivity index (χ3v) is 3.98. The first-order valence-electron chi connectivity index (χ1n) is 6.24. The molecular formula is C11H20N3NaOS2. The molecule has 0 radical (unpaired) electrons. The Labute approximate surface area is 143 Å². The van der Waals surface area contributed by atoms with E-state index in [1.807, 2.05) is 0 Å². The van der Waals surface area contributed by atoms with Crippen molar-refractivity contribution in [2.45, 2.75) is 0 Å². The van der Waals surface area contributed by atoms with Gasteiger partial charge >= 0.3 is 29.6 Å². The fourth-order valence-electron chi connectivity index (χ4n) is 2.26. The maximum absolute atomic E-state index is 5.34. The van der Waals surface area contributed by atoms with Crippen LogP contribution < -0.4 is 29.6 Å². The van der Waals surface area contributed by atoms with Gasteiger partial charge in [0.2, 0.25) is 0 Å². The summed E-state index contributed by atoms with van der Waals surface area (Å²) in [5.41, 5.74) is 0. The Kier molecular flexibility index (Phi) is 8.54. The van der Waals surface area contributed by atoms with Gasteiger partial charge in [0.05, 0.1) is 13.2 Å². The topological polar surface area (TPSA) is 19.0 Å². The molecule has 0 aromatic heterocycles. The van der Waals surface area contributed by atoms with Gasteiger partial charge in [-0.25, -0.2) is 0 Å². The van der Waals surface area contributed by atoms with E-state index in [-0.39, 0.29) is 29.6 Å². The first-order valence-corrected chi connectivity index (χ1v) is 7.06. The number of rotatable bonds is 3. The molecule has 98 valence electrons. The van der Waals surface area contributed by atoms with Crippen molar-refractivity contribution in [3.63, 3.8) is 0 Å². The average Bonchev–Trinajstić information content (AvgIpc) is 2.38. The van der Waals surface area contributed by atoms with Gasteiger partial charge in [-0.2, -0.15) is 0 Å². The van der Waals surface area contributed by atoms with E-state index >= 15 is 0 Å². The summed E-state index contributed by atoms with van der Waals surface area (Å²) in [5, 5.41) is 0. The zero-order chi connectivity index (χ0) is 12.1. The Balaban J connectivity index is 0.00000162. The van der Waals surface area contributed by atoms with Crippen molar-refractivity contribution in [2.75, 3.05) is 65.6 Å². The van der Waals surface area contributed by atoms with Crippen LogP contribution in [-0.4, -0.2) is 84.6 Å². The van der Waals surface area contributed by atoms with Crippen molar-refractivity contribution in [2.24, 2.45) is 0 Å². The number of morpholine rings is 1. The summed E-state index contributed by atoms with van der Waals surface area (Å²) in [6.07, 6.45) is 0. The molecule has 0 saturated carbocycles. The molecule has 2 aliphatic rings. The van der Waals surface area contributed by atoms with Crippen LogP contribution in [0.1, 0.15) is 0 Å². The second kappa shape index (κ2) is 9.02. The predicted octanol–water partition coefficient (Wildman–Crippen LogP) is -3.23. The van der Waals surface area contributed by atoms with E-state index in [0.29, 0.717) is 4.32 Å². The molecule has 0 aromatic rings. The van der Waals surface area contributed by atoms with Crippen molar-refractivity contribution >= 4 is 29.2 Å². The monoisotopic (exact) mass is 297 g/mol. The van der Waals surface area contributed by atoms with Crippen LogP contribution in [0.25, 0.3) is 0 Å². The number of ether oxygens (including phenoxy) is 1. The van der Waals surface area contributed by atoms with E-state index in [0.717, 1.165) is 65.6 Å². The molecule has 7 heteroatoms. The normalized spacial score (nSPS) is 22.6. The van der Waals surface area contributed by atoms with Gasteiger partial charge in [-0.1, -0.05) is 4.32 Å². The van der Waals surface area contributed by atoms with Crippen molar-refractivity contribution < 1.29 is 34.3 Å². The van der Waals surface area contributed by atoms with Gasteiger partial charge in [0.1, 0.15) is 0 Å². The van der Waals surface area contributed by atoms with Crippen molar-refractivity contribution in [3.8, 4) is 0 Å². The second-order valence-electron chi connectivity index (χ2n) is 4.55. The summed E-state index contributed by atoms with van der Waals surface area (Å²) in [7, 11) is 0. The molecule has 0 amide bonds. The number of thiocarbonyl (C=S) groups is 1. The number of nitrogens with zero attached hydrogens (tertiary/aromatic N) is 3. The molecule has 0 spiro atoms. The Morgan fingerprint density at radius 2 is 1.44 bits per heavy atom. The van der Waals surface area contributed by atoms with Crippen LogP contribution in [0.3, 0.4) is 0 Å². The Morgan fingerprint density at radius 1 is 0.944 bits per heavy atom. The Bertz CT molecular complexity index is 257. The molecular weight excluding hydrogens is 277 g/mol. The van der Waals surface area contributed by atoms with Gasteiger partial charge < -0.3 is 34.5 Å². The van der Waals surface area contributed by atoms with Crippen LogP contribution in [0.2, 0.25) is 0 Å². The van der Waals surface area contributed by atoms with Crippen LogP contribution in [0, 0.1) is 0 Å². The molecule has 0 unspecified atom stereocenters. The maximum Gasteiger partial charge on any atom is 1.00 e. The predicted molar refractivity (Wildman–Crippen MR) is 75.2 cm³/mol. The first kappa shape index (κ1) is 17.0. The molecule has 2 fully saturated rings. The maximum atomic E-state index is 5.34. The minimum absolute atomic E-state index is 0. The Hall–Kier alpha value is 0.990. The molecule has 2 aliphatic heterocycles. The third kappa shape index (κ3) is 5.54. The van der Waals surface area contributed by atoms with Gasteiger partial charge in [-0.15, -0.1) is 0 Å². The summed E-state index contributed by atoms with van der Waals surface area (Å²) < 4.78 is 5.97. The fraction of sp³-hybridized carbons (Fsp3) is 0.909. The van der Waals surface area contributed by atoms with E-state index in [1.165, 1.54) is 0 Å². The molecule has 0 aliphatic carbocycles. The van der Waals surface area contributed by atoms with E-state index in [1.54, 1.807) is 0 Å². The zero-order valence-electron chi connectivity index (χ0n) is 11.1. The molecule has 18 heavy (non-hydrogen) atoms. The van der Waals surface area contributed by atoms with Crippen molar-refractivity contribution in [1.29, 1.82) is 0 Å².